The van der Waals surface area contributed by atoms with Crippen molar-refractivity contribution in [1.82, 2.24) is 0 Å². The van der Waals surface area contributed by atoms with E-state index in [4.69, 9.17) is 9.84 Å². The average Bonchev–Trinajstić information content (AvgIpc) is 3.18. The summed E-state index contributed by atoms with van der Waals surface area (Å²) < 4.78 is 5.35. The van der Waals surface area contributed by atoms with E-state index in [2.05, 4.69) is 0 Å². The van der Waals surface area contributed by atoms with E-state index in [0.717, 1.165) is 18.4 Å². The van der Waals surface area contributed by atoms with Crippen LogP contribution in [0.4, 0.5) is 0 Å². The predicted octanol–water partition coefficient (Wildman–Crippen LogP) is 2.16. The second-order valence-corrected chi connectivity index (χ2v) is 4.74. The molecule has 0 saturated heterocycles. The van der Waals surface area contributed by atoms with E-state index >= 15 is 0 Å². The van der Waals surface area contributed by atoms with E-state index < -0.39 is 5.97 Å². The van der Waals surface area contributed by atoms with Gasteiger partial charge in [0, 0.05) is 11.5 Å². The molecule has 0 amide bonds. The van der Waals surface area contributed by atoms with Crippen molar-refractivity contribution in [2.75, 3.05) is 7.11 Å². The fraction of sp³-hybridized carbons (Fsp3) is 0.500. The summed E-state index contributed by atoms with van der Waals surface area (Å²) >= 11 is 0. The molecule has 1 atom stereocenters. The van der Waals surface area contributed by atoms with E-state index in [9.17, 15) is 9.90 Å². The van der Waals surface area contributed by atoms with Crippen LogP contribution in [0.5, 0.6) is 5.75 Å². The van der Waals surface area contributed by atoms with Gasteiger partial charge in [0.25, 0.3) is 0 Å². The molecular formula is C14H18O4. The largest absolute Gasteiger partial charge is 0.496 e. The Balaban J connectivity index is 2.36. The van der Waals surface area contributed by atoms with Gasteiger partial charge in [-0.3, -0.25) is 4.79 Å². The van der Waals surface area contributed by atoms with E-state index in [-0.39, 0.29) is 18.9 Å². The topological polar surface area (TPSA) is 66.8 Å². The normalized spacial score (nSPS) is 16.3. The maximum Gasteiger partial charge on any atom is 0.303 e. The zero-order valence-corrected chi connectivity index (χ0v) is 10.4. The zero-order chi connectivity index (χ0) is 13.1. The number of aliphatic hydroxyl groups excluding tert-OH is 1. The zero-order valence-electron chi connectivity index (χ0n) is 10.4. The van der Waals surface area contributed by atoms with Gasteiger partial charge in [-0.15, -0.1) is 0 Å². The molecule has 18 heavy (non-hydrogen) atoms. The van der Waals surface area contributed by atoms with Gasteiger partial charge in [0.15, 0.2) is 0 Å². The number of rotatable bonds is 6. The van der Waals surface area contributed by atoms with Crippen LogP contribution in [0, 0.1) is 5.92 Å². The highest BCUT2D eigenvalue weighted by Gasteiger charge is 2.35. The number of carbonyl (C=O) groups is 1. The van der Waals surface area contributed by atoms with Crippen LogP contribution >= 0.6 is 0 Å². The summed E-state index contributed by atoms with van der Waals surface area (Å²) in [5.41, 5.74) is 1.62. The van der Waals surface area contributed by atoms with Gasteiger partial charge >= 0.3 is 5.97 Å². The number of carboxylic acids is 1. The van der Waals surface area contributed by atoms with Gasteiger partial charge in [-0.05, 0) is 24.3 Å². The van der Waals surface area contributed by atoms with Crippen molar-refractivity contribution >= 4 is 5.97 Å². The average molecular weight is 250 g/mol. The first-order valence-corrected chi connectivity index (χ1v) is 6.15. The van der Waals surface area contributed by atoms with Gasteiger partial charge in [0.1, 0.15) is 5.75 Å². The lowest BCUT2D eigenvalue weighted by Crippen LogP contribution is -2.10. The van der Waals surface area contributed by atoms with E-state index in [1.165, 1.54) is 0 Å². The molecule has 0 aromatic heterocycles. The Bertz CT molecular complexity index is 437. The number of para-hydroxylation sites is 1. The molecule has 2 rings (SSSR count). The minimum absolute atomic E-state index is 0.0102. The first kappa shape index (κ1) is 12.9. The highest BCUT2D eigenvalue weighted by Crippen LogP contribution is 2.47. The molecule has 4 nitrogen and oxygen atoms in total. The standard InChI is InChI=1S/C14H18O4/c1-18-14-10(8-15)3-2-4-11(14)12(7-13(16)17)9-5-6-9/h2-4,9,12,15H,5-8H2,1H3,(H,16,17). The van der Waals surface area contributed by atoms with E-state index in [1.54, 1.807) is 13.2 Å². The van der Waals surface area contributed by atoms with Gasteiger partial charge in [-0.25, -0.2) is 0 Å². The minimum Gasteiger partial charge on any atom is -0.496 e. The molecule has 1 aliphatic rings. The van der Waals surface area contributed by atoms with E-state index in [0.29, 0.717) is 17.2 Å². The van der Waals surface area contributed by atoms with Crippen LogP contribution in [0.1, 0.15) is 36.3 Å². The summed E-state index contributed by atoms with van der Waals surface area (Å²) in [5, 5.41) is 18.3. The van der Waals surface area contributed by atoms with Crippen LogP contribution in [-0.4, -0.2) is 23.3 Å². The quantitative estimate of drug-likeness (QED) is 0.812. The summed E-state index contributed by atoms with van der Waals surface area (Å²) in [6.07, 6.45) is 2.27. The Hall–Kier alpha value is -1.55. The SMILES string of the molecule is COc1c(CO)cccc1C(CC(=O)O)C1CC1. The Morgan fingerprint density at radius 2 is 2.22 bits per heavy atom. The molecule has 0 heterocycles. The lowest BCUT2D eigenvalue weighted by Gasteiger charge is -2.19. The molecule has 4 heteroatoms. The molecule has 98 valence electrons. The number of hydrogen-bond donors (Lipinski definition) is 2. The molecule has 0 radical (unpaired) electrons. The van der Waals surface area contributed by atoms with Crippen LogP contribution < -0.4 is 4.74 Å². The second kappa shape index (κ2) is 5.40. The molecular weight excluding hydrogens is 232 g/mol. The minimum atomic E-state index is -0.789. The molecule has 2 N–H and O–H groups in total. The molecule has 1 saturated carbocycles. The summed E-state index contributed by atoms with van der Waals surface area (Å²) in [6, 6.07) is 5.55. The van der Waals surface area contributed by atoms with Gasteiger partial charge in [0.05, 0.1) is 20.1 Å². The third-order valence-corrected chi connectivity index (χ3v) is 3.49. The smallest absolute Gasteiger partial charge is 0.303 e. The molecule has 1 aromatic carbocycles. The van der Waals surface area contributed by atoms with E-state index in [1.807, 2.05) is 12.1 Å². The van der Waals surface area contributed by atoms with Crippen molar-refractivity contribution in [3.8, 4) is 5.75 Å². The Morgan fingerprint density at radius 1 is 1.50 bits per heavy atom. The highest BCUT2D eigenvalue weighted by molar-refractivity contribution is 5.68. The fourth-order valence-electron chi connectivity index (χ4n) is 2.49. The fourth-order valence-corrected chi connectivity index (χ4v) is 2.49. The second-order valence-electron chi connectivity index (χ2n) is 4.74. The highest BCUT2D eigenvalue weighted by atomic mass is 16.5. The van der Waals surface area contributed by atoms with Gasteiger partial charge < -0.3 is 14.9 Å². The van der Waals surface area contributed by atoms with Crippen LogP contribution in [0.3, 0.4) is 0 Å². The van der Waals surface area contributed by atoms with Crippen molar-refractivity contribution in [1.29, 1.82) is 0 Å². The van der Waals surface area contributed by atoms with Crippen LogP contribution in [0.25, 0.3) is 0 Å². The molecule has 1 aromatic rings. The van der Waals surface area contributed by atoms with Gasteiger partial charge in [-0.1, -0.05) is 18.2 Å². The first-order chi connectivity index (χ1) is 8.67. The van der Waals surface area contributed by atoms with Crippen LogP contribution in [0.2, 0.25) is 0 Å². The lowest BCUT2D eigenvalue weighted by molar-refractivity contribution is -0.137. The number of ether oxygens (including phenoxy) is 1. The molecule has 1 aliphatic carbocycles. The molecule has 1 fully saturated rings. The maximum absolute atomic E-state index is 11.0. The number of aliphatic carboxylic acids is 1. The molecule has 0 aliphatic heterocycles. The number of benzene rings is 1. The summed E-state index contributed by atoms with van der Waals surface area (Å²) in [4.78, 5) is 11.0. The summed E-state index contributed by atoms with van der Waals surface area (Å²) in [6.45, 7) is -0.0958. The van der Waals surface area contributed by atoms with Gasteiger partial charge in [-0.2, -0.15) is 0 Å². The Labute approximate surface area is 106 Å². The number of methoxy groups -OCH3 is 1. The maximum atomic E-state index is 11.0. The Morgan fingerprint density at radius 3 is 2.72 bits per heavy atom. The van der Waals surface area contributed by atoms with Crippen LogP contribution in [0.15, 0.2) is 18.2 Å². The summed E-state index contributed by atoms with van der Waals surface area (Å²) in [5.74, 6) is 0.273. The Kier molecular flexibility index (Phi) is 3.87. The van der Waals surface area contributed by atoms with Crippen molar-refractivity contribution in [3.05, 3.63) is 29.3 Å². The third-order valence-electron chi connectivity index (χ3n) is 3.49. The summed E-state index contributed by atoms with van der Waals surface area (Å²) in [7, 11) is 1.56. The van der Waals surface area contributed by atoms with Crippen molar-refractivity contribution < 1.29 is 19.7 Å². The predicted molar refractivity (Wildman–Crippen MR) is 66.6 cm³/mol. The van der Waals surface area contributed by atoms with Crippen molar-refractivity contribution in [2.45, 2.75) is 31.8 Å². The van der Waals surface area contributed by atoms with Gasteiger partial charge in [0.2, 0.25) is 0 Å². The third kappa shape index (κ3) is 2.64. The van der Waals surface area contributed by atoms with Crippen LogP contribution in [-0.2, 0) is 11.4 Å². The molecule has 1 unspecified atom stereocenters. The van der Waals surface area contributed by atoms with Crippen molar-refractivity contribution in [3.63, 3.8) is 0 Å². The monoisotopic (exact) mass is 250 g/mol. The lowest BCUT2D eigenvalue weighted by atomic mass is 9.89. The number of hydrogen-bond acceptors (Lipinski definition) is 3. The number of carboxylic acid groups (broad SMARTS) is 1. The first-order valence-electron chi connectivity index (χ1n) is 6.15. The number of aliphatic hydroxyl groups is 1. The molecule has 0 bridgehead atoms. The van der Waals surface area contributed by atoms with Crippen molar-refractivity contribution in [2.24, 2.45) is 5.92 Å². The molecule has 0 spiro atoms.